The third-order valence-corrected chi connectivity index (χ3v) is 3.69. The van der Waals surface area contributed by atoms with E-state index in [0.29, 0.717) is 5.54 Å². The van der Waals surface area contributed by atoms with Gasteiger partial charge in [-0.3, -0.25) is 0 Å². The molecule has 3 N–H and O–H groups in total. The zero-order chi connectivity index (χ0) is 11.4. The lowest BCUT2D eigenvalue weighted by atomic mass is 9.78. The smallest absolute Gasteiger partial charge is 0.0346 e. The van der Waals surface area contributed by atoms with Gasteiger partial charge in [-0.25, -0.2) is 0 Å². The van der Waals surface area contributed by atoms with Gasteiger partial charge in [0.15, 0.2) is 0 Å². The van der Waals surface area contributed by atoms with Gasteiger partial charge in [0, 0.05) is 11.2 Å². The van der Waals surface area contributed by atoms with Gasteiger partial charge in [-0.1, -0.05) is 18.2 Å². The highest BCUT2D eigenvalue weighted by atomic mass is 15.0. The van der Waals surface area contributed by atoms with Crippen LogP contribution in [0.25, 0.3) is 0 Å². The Labute approximate surface area is 98.2 Å². The van der Waals surface area contributed by atoms with E-state index in [-0.39, 0.29) is 0 Å². The number of nitrogens with two attached hydrogens (primary N) is 1. The molecule has 88 valence electrons. The summed E-state index contributed by atoms with van der Waals surface area (Å²) in [4.78, 5) is 0. The molecule has 0 spiro atoms. The molecule has 0 unspecified atom stereocenters. The van der Waals surface area contributed by atoms with Gasteiger partial charge in [-0.05, 0) is 57.2 Å². The number of hydrogen-bond acceptors (Lipinski definition) is 2. The zero-order valence-corrected chi connectivity index (χ0v) is 10.1. The van der Waals surface area contributed by atoms with Gasteiger partial charge in [0.2, 0.25) is 0 Å². The lowest BCUT2D eigenvalue weighted by Gasteiger charge is -2.39. The van der Waals surface area contributed by atoms with E-state index in [4.69, 9.17) is 5.73 Å². The highest BCUT2D eigenvalue weighted by Gasteiger charge is 2.30. The molecule has 1 aliphatic carbocycles. The van der Waals surface area contributed by atoms with E-state index in [0.717, 1.165) is 18.7 Å². The van der Waals surface area contributed by atoms with Crippen LogP contribution < -0.4 is 11.1 Å². The summed E-state index contributed by atoms with van der Waals surface area (Å²) in [5.74, 6) is 0. The minimum Gasteiger partial charge on any atom is -0.399 e. The Balaban J connectivity index is 1.70. The Morgan fingerprint density at radius 1 is 1.31 bits per heavy atom. The van der Waals surface area contributed by atoms with Crippen LogP contribution in [-0.4, -0.2) is 12.1 Å². The largest absolute Gasteiger partial charge is 0.399 e. The van der Waals surface area contributed by atoms with E-state index in [9.17, 15) is 0 Å². The molecule has 2 heteroatoms. The molecule has 0 bridgehead atoms. The Hall–Kier alpha value is -1.02. The van der Waals surface area contributed by atoms with E-state index in [1.54, 1.807) is 0 Å². The number of aryl methyl sites for hydroxylation is 1. The molecule has 2 rings (SSSR count). The Bertz CT molecular complexity index is 342. The predicted octanol–water partition coefficient (Wildman–Crippen LogP) is 2.73. The minimum absolute atomic E-state index is 0.433. The minimum atomic E-state index is 0.433. The Morgan fingerprint density at radius 2 is 2.06 bits per heavy atom. The molecule has 0 aromatic heterocycles. The summed E-state index contributed by atoms with van der Waals surface area (Å²) in [7, 11) is 0. The number of para-hydroxylation sites is 1. The molecule has 0 saturated heterocycles. The van der Waals surface area contributed by atoms with Crippen molar-refractivity contribution in [3.8, 4) is 0 Å². The second-order valence-electron chi connectivity index (χ2n) is 5.14. The summed E-state index contributed by atoms with van der Waals surface area (Å²) >= 11 is 0. The van der Waals surface area contributed by atoms with Gasteiger partial charge in [0.1, 0.15) is 0 Å². The lowest BCUT2D eigenvalue weighted by Crippen LogP contribution is -2.48. The van der Waals surface area contributed by atoms with Gasteiger partial charge in [-0.15, -0.1) is 0 Å². The Morgan fingerprint density at radius 3 is 2.69 bits per heavy atom. The van der Waals surface area contributed by atoms with Gasteiger partial charge in [-0.2, -0.15) is 0 Å². The number of benzene rings is 1. The van der Waals surface area contributed by atoms with Crippen molar-refractivity contribution in [3.05, 3.63) is 29.8 Å². The van der Waals surface area contributed by atoms with Crippen molar-refractivity contribution in [2.75, 3.05) is 12.3 Å². The van der Waals surface area contributed by atoms with E-state index in [1.807, 2.05) is 12.1 Å². The number of nitrogens with one attached hydrogen (secondary N) is 1. The summed E-state index contributed by atoms with van der Waals surface area (Å²) in [5, 5.41) is 3.64. The number of nitrogen functional groups attached to an aromatic ring is 1. The predicted molar refractivity (Wildman–Crippen MR) is 69.4 cm³/mol. The van der Waals surface area contributed by atoms with E-state index < -0.39 is 0 Å². The summed E-state index contributed by atoms with van der Waals surface area (Å²) in [6, 6.07) is 8.16. The average molecular weight is 218 g/mol. The van der Waals surface area contributed by atoms with Gasteiger partial charge in [0.25, 0.3) is 0 Å². The Kier molecular flexibility index (Phi) is 3.49. The highest BCUT2D eigenvalue weighted by molar-refractivity contribution is 5.46. The quantitative estimate of drug-likeness (QED) is 0.589. The number of rotatable bonds is 5. The van der Waals surface area contributed by atoms with Crippen molar-refractivity contribution < 1.29 is 0 Å². The third kappa shape index (κ3) is 2.76. The standard InChI is InChI=1S/C14H22N2/c1-14(9-5-10-14)16-11-4-7-12-6-2-3-8-13(12)15/h2-3,6,8,16H,4-5,7,9-11,15H2,1H3. The van der Waals surface area contributed by atoms with Crippen LogP contribution in [0.2, 0.25) is 0 Å². The molecule has 0 radical (unpaired) electrons. The van der Waals surface area contributed by atoms with Gasteiger partial charge >= 0.3 is 0 Å². The molecular weight excluding hydrogens is 196 g/mol. The average Bonchev–Trinajstić information content (AvgIpc) is 2.24. The van der Waals surface area contributed by atoms with Crippen LogP contribution in [0.4, 0.5) is 5.69 Å². The fourth-order valence-electron chi connectivity index (χ4n) is 2.31. The second-order valence-corrected chi connectivity index (χ2v) is 5.14. The maximum absolute atomic E-state index is 5.91. The monoisotopic (exact) mass is 218 g/mol. The molecule has 1 saturated carbocycles. The summed E-state index contributed by atoms with van der Waals surface area (Å²) in [6.07, 6.45) is 6.30. The molecule has 0 amide bonds. The molecule has 1 aromatic carbocycles. The first-order valence-corrected chi connectivity index (χ1v) is 6.28. The normalized spacial score (nSPS) is 18.1. The van der Waals surface area contributed by atoms with Crippen LogP contribution in [0, 0.1) is 0 Å². The topological polar surface area (TPSA) is 38.0 Å². The molecular formula is C14H22N2. The van der Waals surface area contributed by atoms with E-state index in [1.165, 1.54) is 31.2 Å². The molecule has 0 aliphatic heterocycles. The molecule has 2 nitrogen and oxygen atoms in total. The van der Waals surface area contributed by atoms with Crippen LogP contribution in [0.3, 0.4) is 0 Å². The van der Waals surface area contributed by atoms with Crippen LogP contribution >= 0.6 is 0 Å². The lowest BCUT2D eigenvalue weighted by molar-refractivity contribution is 0.209. The first-order valence-electron chi connectivity index (χ1n) is 6.28. The SMILES string of the molecule is CC1(NCCCc2ccccc2N)CCC1. The van der Waals surface area contributed by atoms with Crippen LogP contribution in [0.15, 0.2) is 24.3 Å². The summed E-state index contributed by atoms with van der Waals surface area (Å²) in [5.41, 5.74) is 8.55. The fourth-order valence-corrected chi connectivity index (χ4v) is 2.31. The summed E-state index contributed by atoms with van der Waals surface area (Å²) < 4.78 is 0. The van der Waals surface area contributed by atoms with Crippen molar-refractivity contribution in [3.63, 3.8) is 0 Å². The third-order valence-electron chi connectivity index (χ3n) is 3.69. The van der Waals surface area contributed by atoms with E-state index in [2.05, 4.69) is 24.4 Å². The van der Waals surface area contributed by atoms with E-state index >= 15 is 0 Å². The first kappa shape index (κ1) is 11.5. The molecule has 1 aliphatic rings. The molecule has 16 heavy (non-hydrogen) atoms. The maximum atomic E-state index is 5.91. The van der Waals surface area contributed by atoms with Crippen LogP contribution in [0.1, 0.15) is 38.2 Å². The van der Waals surface area contributed by atoms with Crippen LogP contribution in [0.5, 0.6) is 0 Å². The van der Waals surface area contributed by atoms with Crippen molar-refractivity contribution in [2.24, 2.45) is 0 Å². The molecule has 0 heterocycles. The molecule has 0 atom stereocenters. The zero-order valence-electron chi connectivity index (χ0n) is 10.1. The van der Waals surface area contributed by atoms with Gasteiger partial charge in [0.05, 0.1) is 0 Å². The van der Waals surface area contributed by atoms with Crippen molar-refractivity contribution in [1.82, 2.24) is 5.32 Å². The van der Waals surface area contributed by atoms with Crippen molar-refractivity contribution in [2.45, 2.75) is 44.6 Å². The van der Waals surface area contributed by atoms with Crippen molar-refractivity contribution in [1.29, 1.82) is 0 Å². The highest BCUT2D eigenvalue weighted by Crippen LogP contribution is 2.30. The molecule has 1 aromatic rings. The number of hydrogen-bond donors (Lipinski definition) is 2. The summed E-state index contributed by atoms with van der Waals surface area (Å²) in [6.45, 7) is 3.43. The maximum Gasteiger partial charge on any atom is 0.0346 e. The molecule has 1 fully saturated rings. The van der Waals surface area contributed by atoms with Crippen LogP contribution in [-0.2, 0) is 6.42 Å². The number of anilines is 1. The second kappa shape index (κ2) is 4.88. The fraction of sp³-hybridized carbons (Fsp3) is 0.571. The van der Waals surface area contributed by atoms with Gasteiger partial charge < -0.3 is 11.1 Å². The van der Waals surface area contributed by atoms with Crippen molar-refractivity contribution >= 4 is 5.69 Å². The first-order chi connectivity index (χ1) is 7.70.